The van der Waals surface area contributed by atoms with Crippen LogP contribution in [0.25, 0.3) is 22.5 Å². The number of hydrogen-bond donors (Lipinski definition) is 2. The molecule has 0 saturated carbocycles. The molecule has 7 heteroatoms. The van der Waals surface area contributed by atoms with E-state index in [-0.39, 0.29) is 38.7 Å². The number of H-pyrrole nitrogens is 1. The molecule has 3 aromatic rings. The zero-order chi connectivity index (χ0) is 15.0. The van der Waals surface area contributed by atoms with Gasteiger partial charge < -0.3 is 15.2 Å². The lowest BCUT2D eigenvalue weighted by atomic mass is 10.0. The average molecular weight is 306 g/mol. The second kappa shape index (κ2) is 5.06. The van der Waals surface area contributed by atoms with E-state index in [2.05, 4.69) is 10.1 Å². The van der Waals surface area contributed by atoms with Gasteiger partial charge in [-0.2, -0.15) is 0 Å². The fourth-order valence-electron chi connectivity index (χ4n) is 2.04. The molecule has 0 unspecified atom stereocenters. The van der Waals surface area contributed by atoms with E-state index in [1.165, 1.54) is 30.6 Å². The van der Waals surface area contributed by atoms with E-state index < -0.39 is 5.82 Å². The van der Waals surface area contributed by atoms with Crippen LogP contribution in [0.5, 0.6) is 0 Å². The summed E-state index contributed by atoms with van der Waals surface area (Å²) in [6.45, 7) is 0. The molecular weight excluding hydrogens is 297 g/mol. The van der Waals surface area contributed by atoms with E-state index >= 15 is 0 Å². The van der Waals surface area contributed by atoms with Gasteiger partial charge in [-0.3, -0.25) is 4.79 Å². The van der Waals surface area contributed by atoms with Crippen LogP contribution >= 0.6 is 11.6 Å². The molecule has 0 radical (unpaired) electrons. The van der Waals surface area contributed by atoms with Gasteiger partial charge in [-0.25, -0.2) is 4.39 Å². The maximum absolute atomic E-state index is 14.2. The van der Waals surface area contributed by atoms with Crippen LogP contribution < -0.4 is 11.2 Å². The van der Waals surface area contributed by atoms with Crippen LogP contribution in [-0.4, -0.2) is 10.1 Å². The Balaban J connectivity index is 2.31. The van der Waals surface area contributed by atoms with Crippen LogP contribution in [0.1, 0.15) is 0 Å². The van der Waals surface area contributed by atoms with Gasteiger partial charge >= 0.3 is 0 Å². The first-order valence-corrected chi connectivity index (χ1v) is 6.34. The number of rotatable bonds is 2. The molecule has 0 aliphatic carbocycles. The van der Waals surface area contributed by atoms with Crippen LogP contribution in [0, 0.1) is 5.82 Å². The predicted molar refractivity (Wildman–Crippen MR) is 77.4 cm³/mol. The summed E-state index contributed by atoms with van der Waals surface area (Å²) in [6, 6.07) is 5.81. The van der Waals surface area contributed by atoms with Gasteiger partial charge in [-0.1, -0.05) is 28.9 Å². The standard InChI is InChI=1S/C14H9ClFN3O2/c15-9-3-1-2-7(12(9)16)11-13(21-19-14(11)17)8-6-18-5-4-10(8)20/h1-6H,(H2,17,19)(H,18,20). The fourth-order valence-corrected chi connectivity index (χ4v) is 2.21. The molecule has 21 heavy (non-hydrogen) atoms. The molecule has 2 aromatic heterocycles. The molecule has 3 rings (SSSR count). The number of halogens is 2. The van der Waals surface area contributed by atoms with Gasteiger partial charge in [0, 0.05) is 24.0 Å². The summed E-state index contributed by atoms with van der Waals surface area (Å²) < 4.78 is 19.3. The van der Waals surface area contributed by atoms with E-state index in [1.54, 1.807) is 6.07 Å². The summed E-state index contributed by atoms with van der Waals surface area (Å²) in [5.74, 6) is -0.576. The predicted octanol–water partition coefficient (Wildman–Crippen LogP) is 3.07. The first-order chi connectivity index (χ1) is 10.1. The Morgan fingerprint density at radius 1 is 1.29 bits per heavy atom. The maximum atomic E-state index is 14.2. The highest BCUT2D eigenvalue weighted by Crippen LogP contribution is 2.37. The van der Waals surface area contributed by atoms with Crippen LogP contribution in [0.4, 0.5) is 10.2 Å². The molecule has 0 saturated heterocycles. The van der Waals surface area contributed by atoms with Crippen LogP contribution in [0.15, 0.2) is 46.0 Å². The zero-order valence-corrected chi connectivity index (χ0v) is 11.3. The SMILES string of the molecule is Nc1noc(-c2c[nH]ccc2=O)c1-c1cccc(Cl)c1F. The lowest BCUT2D eigenvalue weighted by Gasteiger charge is -2.05. The Labute approximate surface area is 123 Å². The van der Waals surface area contributed by atoms with E-state index in [4.69, 9.17) is 21.9 Å². The van der Waals surface area contributed by atoms with Gasteiger partial charge in [0.05, 0.1) is 16.1 Å². The van der Waals surface area contributed by atoms with E-state index in [1.807, 2.05) is 0 Å². The minimum atomic E-state index is -0.650. The monoisotopic (exact) mass is 305 g/mol. The summed E-state index contributed by atoms with van der Waals surface area (Å²) in [6.07, 6.45) is 2.92. The Morgan fingerprint density at radius 3 is 2.86 bits per heavy atom. The summed E-state index contributed by atoms with van der Waals surface area (Å²) >= 11 is 5.78. The summed E-state index contributed by atoms with van der Waals surface area (Å²) in [7, 11) is 0. The first kappa shape index (κ1) is 13.4. The van der Waals surface area contributed by atoms with Gasteiger partial charge in [0.1, 0.15) is 5.82 Å². The van der Waals surface area contributed by atoms with Crippen LogP contribution in [0.3, 0.4) is 0 Å². The Hall–Kier alpha value is -2.60. The number of nitrogens with zero attached hydrogens (tertiary/aromatic N) is 1. The van der Waals surface area contributed by atoms with Crippen molar-refractivity contribution in [2.45, 2.75) is 0 Å². The number of nitrogen functional groups attached to an aromatic ring is 1. The van der Waals surface area contributed by atoms with E-state index in [9.17, 15) is 9.18 Å². The quantitative estimate of drug-likeness (QED) is 0.762. The maximum Gasteiger partial charge on any atom is 0.192 e. The highest BCUT2D eigenvalue weighted by molar-refractivity contribution is 6.31. The molecule has 0 spiro atoms. The summed E-state index contributed by atoms with van der Waals surface area (Å²) in [5.41, 5.74) is 5.99. The van der Waals surface area contributed by atoms with E-state index in [0.717, 1.165) is 0 Å². The third-order valence-corrected chi connectivity index (χ3v) is 3.30. The minimum Gasteiger partial charge on any atom is -0.380 e. The smallest absolute Gasteiger partial charge is 0.192 e. The van der Waals surface area contributed by atoms with Crippen molar-refractivity contribution in [1.82, 2.24) is 10.1 Å². The molecule has 106 valence electrons. The second-order valence-corrected chi connectivity index (χ2v) is 4.70. The molecule has 5 nitrogen and oxygen atoms in total. The summed E-state index contributed by atoms with van der Waals surface area (Å²) in [4.78, 5) is 14.7. The van der Waals surface area contributed by atoms with Crippen molar-refractivity contribution in [2.75, 3.05) is 5.73 Å². The van der Waals surface area contributed by atoms with Gasteiger partial charge in [-0.05, 0) is 6.07 Å². The number of nitrogens with two attached hydrogens (primary N) is 1. The molecule has 0 aliphatic rings. The van der Waals surface area contributed by atoms with Crippen molar-refractivity contribution in [2.24, 2.45) is 0 Å². The number of nitrogens with one attached hydrogen (secondary N) is 1. The lowest BCUT2D eigenvalue weighted by Crippen LogP contribution is -2.03. The van der Waals surface area contributed by atoms with Crippen LogP contribution in [0.2, 0.25) is 5.02 Å². The second-order valence-electron chi connectivity index (χ2n) is 4.30. The number of aromatic nitrogens is 2. The van der Waals surface area contributed by atoms with Gasteiger partial charge in [0.25, 0.3) is 0 Å². The zero-order valence-electron chi connectivity index (χ0n) is 10.6. The van der Waals surface area contributed by atoms with Crippen molar-refractivity contribution < 1.29 is 8.91 Å². The van der Waals surface area contributed by atoms with Gasteiger partial charge in [0.2, 0.25) is 0 Å². The van der Waals surface area contributed by atoms with Crippen molar-refractivity contribution in [3.05, 3.63) is 57.7 Å². The summed E-state index contributed by atoms with van der Waals surface area (Å²) in [5, 5.41) is 3.57. The van der Waals surface area contributed by atoms with Crippen molar-refractivity contribution in [3.63, 3.8) is 0 Å². The molecule has 1 aromatic carbocycles. The third-order valence-electron chi connectivity index (χ3n) is 3.01. The number of pyridine rings is 1. The van der Waals surface area contributed by atoms with E-state index in [0.29, 0.717) is 0 Å². The molecule has 0 fully saturated rings. The minimum absolute atomic E-state index is 0.0191. The molecule has 0 atom stereocenters. The number of anilines is 1. The molecule has 0 bridgehead atoms. The van der Waals surface area contributed by atoms with Gasteiger partial charge in [-0.15, -0.1) is 0 Å². The van der Waals surface area contributed by atoms with Crippen molar-refractivity contribution >= 4 is 17.4 Å². The fraction of sp³-hybridized carbons (Fsp3) is 0. The largest absolute Gasteiger partial charge is 0.380 e. The van der Waals surface area contributed by atoms with Crippen molar-refractivity contribution in [3.8, 4) is 22.5 Å². The molecule has 0 aliphatic heterocycles. The first-order valence-electron chi connectivity index (χ1n) is 5.96. The molecule has 3 N–H and O–H groups in total. The van der Waals surface area contributed by atoms with Gasteiger partial charge in [0.15, 0.2) is 17.0 Å². The van der Waals surface area contributed by atoms with Crippen molar-refractivity contribution in [1.29, 1.82) is 0 Å². The Bertz CT molecular complexity index is 873. The third kappa shape index (κ3) is 2.19. The van der Waals surface area contributed by atoms with Crippen LogP contribution in [-0.2, 0) is 0 Å². The number of hydrogen-bond acceptors (Lipinski definition) is 4. The molecule has 2 heterocycles. The number of benzene rings is 1. The Kier molecular flexibility index (Phi) is 3.23. The highest BCUT2D eigenvalue weighted by atomic mass is 35.5. The Morgan fingerprint density at radius 2 is 2.10 bits per heavy atom. The number of aromatic amines is 1. The molecular formula is C14H9ClFN3O2. The lowest BCUT2D eigenvalue weighted by molar-refractivity contribution is 0.435. The normalized spacial score (nSPS) is 10.8. The average Bonchev–Trinajstić information content (AvgIpc) is 2.84. The highest BCUT2D eigenvalue weighted by Gasteiger charge is 2.22. The molecule has 0 amide bonds. The topological polar surface area (TPSA) is 84.9 Å².